The lowest BCUT2D eigenvalue weighted by Gasteiger charge is -2.10. The molecule has 0 saturated heterocycles. The van der Waals surface area contributed by atoms with Gasteiger partial charge in [-0.2, -0.15) is 0 Å². The fourth-order valence-electron chi connectivity index (χ4n) is 1.45. The Labute approximate surface area is 103 Å². The minimum atomic E-state index is -0.189. The predicted octanol–water partition coefficient (Wildman–Crippen LogP) is 2.44. The molecule has 0 aromatic heterocycles. The number of rotatable bonds is 7. The Kier molecular flexibility index (Phi) is 6.33. The normalized spacial score (nSPS) is 12.1. The van der Waals surface area contributed by atoms with E-state index in [1.165, 1.54) is 5.56 Å². The van der Waals surface area contributed by atoms with Crippen molar-refractivity contribution in [1.29, 1.82) is 0 Å². The predicted molar refractivity (Wildman–Crippen MR) is 66.8 cm³/mol. The van der Waals surface area contributed by atoms with Gasteiger partial charge in [0, 0.05) is 0 Å². The Morgan fingerprint density at radius 1 is 1.29 bits per heavy atom. The fourth-order valence-corrected chi connectivity index (χ4v) is 1.45. The molecule has 1 unspecified atom stereocenters. The Bertz CT molecular complexity index is 321. The van der Waals surface area contributed by atoms with Crippen LogP contribution < -0.4 is 0 Å². The van der Waals surface area contributed by atoms with Crippen molar-refractivity contribution in [1.82, 2.24) is 0 Å². The van der Waals surface area contributed by atoms with E-state index < -0.39 is 0 Å². The molecule has 17 heavy (non-hydrogen) atoms. The van der Waals surface area contributed by atoms with Crippen LogP contribution in [-0.2, 0) is 20.7 Å². The van der Waals surface area contributed by atoms with Gasteiger partial charge in [0.1, 0.15) is 0 Å². The van der Waals surface area contributed by atoms with Crippen molar-refractivity contribution in [3.05, 3.63) is 35.9 Å². The quantitative estimate of drug-likeness (QED) is 0.539. The Balaban J connectivity index is 2.14. The Hall–Kier alpha value is -1.35. The molecule has 1 atom stereocenters. The van der Waals surface area contributed by atoms with Crippen LogP contribution in [-0.4, -0.2) is 25.8 Å². The van der Waals surface area contributed by atoms with Crippen LogP contribution in [0.1, 0.15) is 19.4 Å². The minimum Gasteiger partial charge on any atom is -0.466 e. The second kappa shape index (κ2) is 7.85. The van der Waals surface area contributed by atoms with E-state index in [1.807, 2.05) is 25.1 Å². The summed E-state index contributed by atoms with van der Waals surface area (Å²) in [6, 6.07) is 10.1. The lowest BCUT2D eigenvalue weighted by molar-refractivity contribution is -0.149. The van der Waals surface area contributed by atoms with Crippen LogP contribution in [0.3, 0.4) is 0 Å². The first-order chi connectivity index (χ1) is 8.24. The van der Waals surface area contributed by atoms with Gasteiger partial charge in [-0.3, -0.25) is 4.79 Å². The highest BCUT2D eigenvalue weighted by Crippen LogP contribution is 2.02. The summed E-state index contributed by atoms with van der Waals surface area (Å²) in [5, 5.41) is 0. The SMILES string of the molecule is CCOC(=O)C(C)COCCc1ccccc1. The van der Waals surface area contributed by atoms with Crippen LogP contribution in [0.2, 0.25) is 0 Å². The van der Waals surface area contributed by atoms with Gasteiger partial charge in [-0.1, -0.05) is 30.3 Å². The molecule has 0 saturated carbocycles. The third-order valence-electron chi connectivity index (χ3n) is 2.43. The van der Waals surface area contributed by atoms with Gasteiger partial charge in [0.05, 0.1) is 25.7 Å². The molecule has 0 N–H and O–H groups in total. The fraction of sp³-hybridized carbons (Fsp3) is 0.500. The third-order valence-corrected chi connectivity index (χ3v) is 2.43. The zero-order valence-electron chi connectivity index (χ0n) is 10.5. The van der Waals surface area contributed by atoms with Crippen molar-refractivity contribution in [2.45, 2.75) is 20.3 Å². The highest BCUT2D eigenvalue weighted by molar-refractivity contribution is 5.72. The van der Waals surface area contributed by atoms with Gasteiger partial charge in [-0.15, -0.1) is 0 Å². The summed E-state index contributed by atoms with van der Waals surface area (Å²) in [4.78, 5) is 11.3. The first-order valence-electron chi connectivity index (χ1n) is 6.02. The summed E-state index contributed by atoms with van der Waals surface area (Å²) in [6.07, 6.45) is 0.871. The Morgan fingerprint density at radius 3 is 2.65 bits per heavy atom. The molecule has 3 nitrogen and oxygen atoms in total. The molecule has 0 radical (unpaired) electrons. The average molecular weight is 236 g/mol. The molecule has 0 amide bonds. The number of carbonyl (C=O) groups excluding carboxylic acids is 1. The zero-order chi connectivity index (χ0) is 12.5. The monoisotopic (exact) mass is 236 g/mol. The van der Waals surface area contributed by atoms with E-state index >= 15 is 0 Å². The number of esters is 1. The van der Waals surface area contributed by atoms with Crippen LogP contribution in [0.4, 0.5) is 0 Å². The summed E-state index contributed by atoms with van der Waals surface area (Å²) < 4.78 is 10.4. The second-order valence-corrected chi connectivity index (χ2v) is 3.96. The van der Waals surface area contributed by atoms with Crippen LogP contribution in [0.5, 0.6) is 0 Å². The maximum atomic E-state index is 11.3. The van der Waals surface area contributed by atoms with Crippen molar-refractivity contribution in [2.24, 2.45) is 5.92 Å². The molecule has 0 fully saturated rings. The van der Waals surface area contributed by atoms with E-state index in [1.54, 1.807) is 6.92 Å². The van der Waals surface area contributed by atoms with Crippen LogP contribution >= 0.6 is 0 Å². The van der Waals surface area contributed by atoms with E-state index in [0.29, 0.717) is 19.8 Å². The molecule has 0 aliphatic carbocycles. The van der Waals surface area contributed by atoms with Crippen LogP contribution in [0, 0.1) is 5.92 Å². The van der Waals surface area contributed by atoms with E-state index in [2.05, 4.69) is 12.1 Å². The number of hydrogen-bond acceptors (Lipinski definition) is 3. The molecule has 0 spiro atoms. The second-order valence-electron chi connectivity index (χ2n) is 3.96. The van der Waals surface area contributed by atoms with Gasteiger partial charge in [0.2, 0.25) is 0 Å². The number of benzene rings is 1. The highest BCUT2D eigenvalue weighted by Gasteiger charge is 2.13. The maximum absolute atomic E-state index is 11.3. The minimum absolute atomic E-state index is 0.188. The van der Waals surface area contributed by atoms with Crippen LogP contribution in [0.25, 0.3) is 0 Å². The van der Waals surface area contributed by atoms with Gasteiger partial charge in [-0.05, 0) is 25.8 Å². The van der Waals surface area contributed by atoms with E-state index in [9.17, 15) is 4.79 Å². The molecular weight excluding hydrogens is 216 g/mol. The average Bonchev–Trinajstić information content (AvgIpc) is 2.36. The van der Waals surface area contributed by atoms with Gasteiger partial charge < -0.3 is 9.47 Å². The van der Waals surface area contributed by atoms with Crippen LogP contribution in [0.15, 0.2) is 30.3 Å². The number of hydrogen-bond donors (Lipinski definition) is 0. The topological polar surface area (TPSA) is 35.5 Å². The lowest BCUT2D eigenvalue weighted by atomic mass is 10.2. The van der Waals surface area contributed by atoms with Gasteiger partial charge in [-0.25, -0.2) is 0 Å². The summed E-state index contributed by atoms with van der Waals surface area (Å²) in [7, 11) is 0. The molecule has 0 heterocycles. The van der Waals surface area contributed by atoms with Crippen molar-refractivity contribution in [3.63, 3.8) is 0 Å². The zero-order valence-corrected chi connectivity index (χ0v) is 10.5. The first kappa shape index (κ1) is 13.7. The van der Waals surface area contributed by atoms with E-state index in [0.717, 1.165) is 6.42 Å². The molecule has 1 aromatic carbocycles. The van der Waals surface area contributed by atoms with Gasteiger partial charge in [0.15, 0.2) is 0 Å². The molecule has 94 valence electrons. The molecule has 1 aromatic rings. The van der Waals surface area contributed by atoms with Crippen molar-refractivity contribution in [3.8, 4) is 0 Å². The van der Waals surface area contributed by atoms with Gasteiger partial charge in [0.25, 0.3) is 0 Å². The van der Waals surface area contributed by atoms with E-state index in [-0.39, 0.29) is 11.9 Å². The lowest BCUT2D eigenvalue weighted by Crippen LogP contribution is -2.20. The molecule has 1 rings (SSSR count). The smallest absolute Gasteiger partial charge is 0.310 e. The largest absolute Gasteiger partial charge is 0.466 e. The molecule has 0 bridgehead atoms. The first-order valence-corrected chi connectivity index (χ1v) is 6.02. The maximum Gasteiger partial charge on any atom is 0.310 e. The molecule has 3 heteroatoms. The van der Waals surface area contributed by atoms with Crippen molar-refractivity contribution in [2.75, 3.05) is 19.8 Å². The standard InChI is InChI=1S/C14H20O3/c1-3-17-14(15)12(2)11-16-10-9-13-7-5-4-6-8-13/h4-8,12H,3,9-11H2,1-2H3. The molecular formula is C14H20O3. The Morgan fingerprint density at radius 2 is 2.00 bits per heavy atom. The van der Waals surface area contributed by atoms with Crippen molar-refractivity contribution < 1.29 is 14.3 Å². The van der Waals surface area contributed by atoms with Crippen molar-refractivity contribution >= 4 is 5.97 Å². The molecule has 0 aliphatic heterocycles. The summed E-state index contributed by atoms with van der Waals surface area (Å²) in [6.45, 7) is 5.11. The number of carbonyl (C=O) groups is 1. The highest BCUT2D eigenvalue weighted by atomic mass is 16.5. The summed E-state index contributed by atoms with van der Waals surface area (Å²) >= 11 is 0. The van der Waals surface area contributed by atoms with E-state index in [4.69, 9.17) is 9.47 Å². The number of ether oxygens (including phenoxy) is 2. The summed E-state index contributed by atoms with van der Waals surface area (Å²) in [5.41, 5.74) is 1.25. The third kappa shape index (κ3) is 5.50. The van der Waals surface area contributed by atoms with Gasteiger partial charge >= 0.3 is 5.97 Å². The molecule has 0 aliphatic rings. The summed E-state index contributed by atoms with van der Waals surface area (Å²) in [5.74, 6) is -0.377.